The van der Waals surface area contributed by atoms with Gasteiger partial charge in [-0.2, -0.15) is 0 Å². The third-order valence-corrected chi connectivity index (χ3v) is 4.18. The Bertz CT molecular complexity index is 608. The summed E-state index contributed by atoms with van der Waals surface area (Å²) in [6, 6.07) is 4.60. The largest absolute Gasteiger partial charge is 0.481 e. The summed E-state index contributed by atoms with van der Waals surface area (Å²) < 4.78 is 14.1. The Morgan fingerprint density at radius 3 is 2.95 bits per heavy atom. The van der Waals surface area contributed by atoms with Crippen LogP contribution in [0.3, 0.4) is 0 Å². The predicted molar refractivity (Wildman–Crippen MR) is 78.5 cm³/mol. The lowest BCUT2D eigenvalue weighted by atomic mass is 10.1. The van der Waals surface area contributed by atoms with Gasteiger partial charge < -0.3 is 15.3 Å². The van der Waals surface area contributed by atoms with E-state index in [1.54, 1.807) is 17.0 Å². The number of rotatable bonds is 4. The summed E-state index contributed by atoms with van der Waals surface area (Å²) in [4.78, 5) is 26.3. The van der Waals surface area contributed by atoms with Gasteiger partial charge in [0.1, 0.15) is 5.82 Å². The van der Waals surface area contributed by atoms with Gasteiger partial charge in [0.05, 0.1) is 6.04 Å². The maximum atomic E-state index is 14.1. The third-order valence-electron chi connectivity index (χ3n) is 4.18. The Kier molecular flexibility index (Phi) is 3.98. The van der Waals surface area contributed by atoms with Gasteiger partial charge in [0.25, 0.3) is 0 Å². The first-order valence-corrected chi connectivity index (χ1v) is 7.35. The fourth-order valence-corrected chi connectivity index (χ4v) is 2.98. The molecule has 1 aromatic rings. The number of carboxylic acid groups (broad SMARTS) is 1. The van der Waals surface area contributed by atoms with Crippen molar-refractivity contribution in [2.45, 2.75) is 18.9 Å². The lowest BCUT2D eigenvalue weighted by Gasteiger charge is -2.28. The van der Waals surface area contributed by atoms with Gasteiger partial charge in [-0.1, -0.05) is 6.07 Å². The molecule has 1 atom stereocenters. The average Bonchev–Trinajstić information content (AvgIpc) is 2.83. The number of fused-ring (bicyclic) bond motifs is 1. The number of amides is 2. The number of hydrogen-bond donors (Lipinski definition) is 2. The molecule has 6 nitrogen and oxygen atoms in total. The fraction of sp³-hybridized carbons (Fsp3) is 0.467. The van der Waals surface area contributed by atoms with Crippen molar-refractivity contribution >= 4 is 17.7 Å². The Labute approximate surface area is 127 Å². The van der Waals surface area contributed by atoms with Gasteiger partial charge in [-0.15, -0.1) is 0 Å². The maximum absolute atomic E-state index is 14.1. The van der Waals surface area contributed by atoms with E-state index in [0.29, 0.717) is 24.3 Å². The van der Waals surface area contributed by atoms with Crippen molar-refractivity contribution in [3.63, 3.8) is 0 Å². The summed E-state index contributed by atoms with van der Waals surface area (Å²) in [7, 11) is 0. The number of aliphatic carboxylic acids is 1. The van der Waals surface area contributed by atoms with Crippen LogP contribution < -0.4 is 10.2 Å². The van der Waals surface area contributed by atoms with Crippen LogP contribution in [0.1, 0.15) is 12.0 Å². The molecule has 2 heterocycles. The highest BCUT2D eigenvalue weighted by atomic mass is 19.1. The highest BCUT2D eigenvalue weighted by molar-refractivity contribution is 5.94. The molecule has 2 fully saturated rings. The minimum atomic E-state index is -0.956. The lowest BCUT2D eigenvalue weighted by Crippen LogP contribution is -2.49. The molecule has 118 valence electrons. The van der Waals surface area contributed by atoms with Crippen molar-refractivity contribution in [2.24, 2.45) is 0 Å². The van der Waals surface area contributed by atoms with Crippen molar-refractivity contribution in [3.05, 3.63) is 29.6 Å². The molecule has 3 rings (SSSR count). The van der Waals surface area contributed by atoms with E-state index in [9.17, 15) is 14.0 Å². The number of aryl methyl sites for hydroxylation is 1. The second-order valence-corrected chi connectivity index (χ2v) is 5.61. The van der Waals surface area contributed by atoms with Gasteiger partial charge in [-0.3, -0.25) is 9.69 Å². The van der Waals surface area contributed by atoms with Crippen LogP contribution in [0.4, 0.5) is 14.9 Å². The summed E-state index contributed by atoms with van der Waals surface area (Å²) in [5.74, 6) is -1.42. The molecule has 0 radical (unpaired) electrons. The van der Waals surface area contributed by atoms with Gasteiger partial charge in [0, 0.05) is 38.3 Å². The van der Waals surface area contributed by atoms with E-state index >= 15 is 0 Å². The maximum Gasteiger partial charge on any atom is 0.324 e. The minimum Gasteiger partial charge on any atom is -0.481 e. The van der Waals surface area contributed by atoms with Crippen molar-refractivity contribution < 1.29 is 19.1 Å². The molecule has 2 aliphatic rings. The van der Waals surface area contributed by atoms with Gasteiger partial charge in [0.2, 0.25) is 0 Å². The van der Waals surface area contributed by atoms with Crippen LogP contribution in [0.5, 0.6) is 0 Å². The molecule has 2 aliphatic heterocycles. The van der Waals surface area contributed by atoms with E-state index in [1.165, 1.54) is 6.07 Å². The van der Waals surface area contributed by atoms with Crippen LogP contribution in [0, 0.1) is 5.82 Å². The number of carboxylic acids is 1. The molecule has 0 spiro atoms. The van der Waals surface area contributed by atoms with Crippen LogP contribution in [0.2, 0.25) is 0 Å². The molecular weight excluding hydrogens is 289 g/mol. The molecule has 2 amide bonds. The minimum absolute atomic E-state index is 0.0933. The van der Waals surface area contributed by atoms with E-state index in [-0.39, 0.29) is 24.9 Å². The molecule has 0 saturated carbocycles. The van der Waals surface area contributed by atoms with E-state index in [4.69, 9.17) is 5.11 Å². The zero-order chi connectivity index (χ0) is 15.7. The number of carbonyl (C=O) groups excluding carboxylic acids is 1. The molecule has 1 aromatic carbocycles. The molecule has 0 bridgehead atoms. The Hall–Kier alpha value is -2.15. The molecule has 0 aromatic heterocycles. The summed E-state index contributed by atoms with van der Waals surface area (Å²) in [6.45, 7) is 2.74. The Morgan fingerprint density at radius 2 is 2.27 bits per heavy atom. The Morgan fingerprint density at radius 1 is 1.45 bits per heavy atom. The third kappa shape index (κ3) is 2.76. The van der Waals surface area contributed by atoms with Crippen molar-refractivity contribution in [3.8, 4) is 0 Å². The molecular formula is C15H18FN3O3. The van der Waals surface area contributed by atoms with Crippen molar-refractivity contribution in [1.29, 1.82) is 0 Å². The first-order valence-electron chi connectivity index (χ1n) is 7.35. The van der Waals surface area contributed by atoms with Crippen LogP contribution in [-0.4, -0.2) is 54.2 Å². The van der Waals surface area contributed by atoms with E-state index < -0.39 is 11.8 Å². The molecule has 0 unspecified atom stereocenters. The smallest absolute Gasteiger partial charge is 0.324 e. The number of hydrogen-bond acceptors (Lipinski definition) is 3. The summed E-state index contributed by atoms with van der Waals surface area (Å²) in [5, 5.41) is 11.9. The van der Waals surface area contributed by atoms with Crippen LogP contribution in [0.15, 0.2) is 18.2 Å². The van der Waals surface area contributed by atoms with Crippen LogP contribution in [0.25, 0.3) is 0 Å². The quantitative estimate of drug-likeness (QED) is 0.872. The monoisotopic (exact) mass is 307 g/mol. The highest BCUT2D eigenvalue weighted by Gasteiger charge is 2.39. The second kappa shape index (κ2) is 5.92. The first-order chi connectivity index (χ1) is 10.6. The van der Waals surface area contributed by atoms with Crippen molar-refractivity contribution in [2.75, 3.05) is 31.1 Å². The molecule has 22 heavy (non-hydrogen) atoms. The normalized spacial score (nSPS) is 21.1. The van der Waals surface area contributed by atoms with Crippen molar-refractivity contribution in [1.82, 2.24) is 10.2 Å². The van der Waals surface area contributed by atoms with E-state index in [0.717, 1.165) is 13.1 Å². The standard InChI is InChI=1S/C15H18FN3O3/c16-13-7-11(3-1-10(13)2-4-14(20)21)19-9-12-8-17-5-6-18(12)15(19)22/h1,3,7,12,17H,2,4-6,8-9H2,(H,20,21)/t12-/m0/s1. The van der Waals surface area contributed by atoms with Gasteiger partial charge in [-0.05, 0) is 24.1 Å². The number of urea groups is 1. The number of halogens is 1. The summed E-state index contributed by atoms with van der Waals surface area (Å²) in [6.07, 6.45) is 0.0362. The summed E-state index contributed by atoms with van der Waals surface area (Å²) in [5.41, 5.74) is 0.883. The second-order valence-electron chi connectivity index (χ2n) is 5.61. The lowest BCUT2D eigenvalue weighted by molar-refractivity contribution is -0.136. The Balaban J connectivity index is 1.76. The van der Waals surface area contributed by atoms with Gasteiger partial charge >= 0.3 is 12.0 Å². The van der Waals surface area contributed by atoms with Crippen LogP contribution in [-0.2, 0) is 11.2 Å². The SMILES string of the molecule is O=C(O)CCc1ccc(N2C[C@@H]3CNCCN3C2=O)cc1F. The molecule has 2 N–H and O–H groups in total. The zero-order valence-electron chi connectivity index (χ0n) is 12.1. The number of nitrogens with one attached hydrogen (secondary N) is 1. The number of nitrogens with zero attached hydrogens (tertiary/aromatic N) is 2. The van der Waals surface area contributed by atoms with E-state index in [1.807, 2.05) is 4.90 Å². The number of benzene rings is 1. The number of carbonyl (C=O) groups is 2. The summed E-state index contributed by atoms with van der Waals surface area (Å²) >= 11 is 0. The molecule has 7 heteroatoms. The van der Waals surface area contributed by atoms with Gasteiger partial charge in [-0.25, -0.2) is 9.18 Å². The molecule has 2 saturated heterocycles. The first kappa shape index (κ1) is 14.8. The van der Waals surface area contributed by atoms with Crippen LogP contribution >= 0.6 is 0 Å². The number of piperazine rings is 1. The molecule has 0 aliphatic carbocycles. The predicted octanol–water partition coefficient (Wildman–Crippen LogP) is 1.06. The van der Waals surface area contributed by atoms with Gasteiger partial charge in [0.15, 0.2) is 0 Å². The number of anilines is 1. The highest BCUT2D eigenvalue weighted by Crippen LogP contribution is 2.26. The topological polar surface area (TPSA) is 72.9 Å². The van der Waals surface area contributed by atoms with E-state index in [2.05, 4.69) is 5.32 Å². The average molecular weight is 307 g/mol. The fourth-order valence-electron chi connectivity index (χ4n) is 2.98. The zero-order valence-corrected chi connectivity index (χ0v) is 12.1.